The van der Waals surface area contributed by atoms with E-state index in [1.165, 1.54) is 6.20 Å². The third-order valence-electron chi connectivity index (χ3n) is 3.41. The first-order valence-electron chi connectivity index (χ1n) is 7.59. The van der Waals surface area contributed by atoms with Crippen LogP contribution < -0.4 is 10.6 Å². The molecule has 3 rings (SSSR count). The van der Waals surface area contributed by atoms with Gasteiger partial charge in [0.2, 0.25) is 5.91 Å². The normalized spacial score (nSPS) is 10.4. The summed E-state index contributed by atoms with van der Waals surface area (Å²) < 4.78 is 0. The van der Waals surface area contributed by atoms with Crippen molar-refractivity contribution in [3.05, 3.63) is 60.4 Å². The molecule has 0 radical (unpaired) electrons. The fourth-order valence-electron chi connectivity index (χ4n) is 2.19. The molecule has 6 nitrogen and oxygen atoms in total. The number of hydrogen-bond donors (Lipinski definition) is 2. The van der Waals surface area contributed by atoms with Crippen LogP contribution in [0, 0.1) is 0 Å². The van der Waals surface area contributed by atoms with Crippen LogP contribution >= 0.6 is 0 Å². The quantitative estimate of drug-likeness (QED) is 0.773. The van der Waals surface area contributed by atoms with Crippen molar-refractivity contribution in [3.8, 4) is 0 Å². The molecule has 0 fully saturated rings. The van der Waals surface area contributed by atoms with E-state index in [0.717, 1.165) is 5.52 Å². The van der Waals surface area contributed by atoms with Crippen molar-refractivity contribution >= 4 is 34.2 Å². The molecule has 0 atom stereocenters. The van der Waals surface area contributed by atoms with E-state index in [-0.39, 0.29) is 17.5 Å². The number of carbonyl (C=O) groups excluding carboxylic acids is 2. The minimum Gasteiger partial charge on any atom is -0.326 e. The van der Waals surface area contributed by atoms with Gasteiger partial charge in [-0.25, -0.2) is 4.98 Å². The Morgan fingerprint density at radius 3 is 2.42 bits per heavy atom. The zero-order valence-corrected chi connectivity index (χ0v) is 13.1. The SMILES string of the molecule is CCC(=O)Nc1cccc(NC(=O)c2cnc3ccccc3n2)c1. The van der Waals surface area contributed by atoms with Crippen LogP contribution in [0.2, 0.25) is 0 Å². The predicted molar refractivity (Wildman–Crippen MR) is 92.9 cm³/mol. The van der Waals surface area contributed by atoms with Crippen molar-refractivity contribution in [1.29, 1.82) is 0 Å². The molecule has 0 spiro atoms. The van der Waals surface area contributed by atoms with E-state index in [4.69, 9.17) is 0 Å². The van der Waals surface area contributed by atoms with Crippen molar-refractivity contribution in [2.24, 2.45) is 0 Å². The fourth-order valence-corrected chi connectivity index (χ4v) is 2.19. The topological polar surface area (TPSA) is 84.0 Å². The number of para-hydroxylation sites is 2. The summed E-state index contributed by atoms with van der Waals surface area (Å²) in [7, 11) is 0. The van der Waals surface area contributed by atoms with Crippen LogP contribution in [-0.4, -0.2) is 21.8 Å². The Kier molecular flexibility index (Phi) is 4.47. The third-order valence-corrected chi connectivity index (χ3v) is 3.41. The van der Waals surface area contributed by atoms with Gasteiger partial charge < -0.3 is 10.6 Å². The molecule has 2 amide bonds. The van der Waals surface area contributed by atoms with Crippen LogP contribution in [0.4, 0.5) is 11.4 Å². The summed E-state index contributed by atoms with van der Waals surface area (Å²) in [4.78, 5) is 32.3. The highest BCUT2D eigenvalue weighted by atomic mass is 16.2. The lowest BCUT2D eigenvalue weighted by atomic mass is 10.2. The summed E-state index contributed by atoms with van der Waals surface area (Å²) in [6, 6.07) is 14.3. The van der Waals surface area contributed by atoms with Crippen LogP contribution in [-0.2, 0) is 4.79 Å². The number of nitrogens with one attached hydrogen (secondary N) is 2. The summed E-state index contributed by atoms with van der Waals surface area (Å²) in [5.74, 6) is -0.439. The molecule has 2 aromatic carbocycles. The summed E-state index contributed by atoms with van der Waals surface area (Å²) in [5.41, 5.74) is 2.83. The van der Waals surface area contributed by atoms with Crippen LogP contribution in [0.1, 0.15) is 23.8 Å². The lowest BCUT2D eigenvalue weighted by molar-refractivity contribution is -0.115. The van der Waals surface area contributed by atoms with Gasteiger partial charge >= 0.3 is 0 Å². The summed E-state index contributed by atoms with van der Waals surface area (Å²) in [5, 5.41) is 5.51. The van der Waals surface area contributed by atoms with Gasteiger partial charge in [-0.2, -0.15) is 0 Å². The Bertz CT molecular complexity index is 908. The highest BCUT2D eigenvalue weighted by molar-refractivity contribution is 6.04. The number of hydrogen-bond acceptors (Lipinski definition) is 4. The molecular formula is C18H16N4O2. The minimum atomic E-state index is -0.354. The van der Waals surface area contributed by atoms with E-state index in [1.54, 1.807) is 37.3 Å². The van der Waals surface area contributed by atoms with Gasteiger partial charge in [-0.05, 0) is 30.3 Å². The van der Waals surface area contributed by atoms with Gasteiger partial charge in [0.1, 0.15) is 5.69 Å². The first-order valence-corrected chi connectivity index (χ1v) is 7.59. The van der Waals surface area contributed by atoms with Crippen molar-refractivity contribution in [3.63, 3.8) is 0 Å². The second kappa shape index (κ2) is 6.87. The number of nitrogens with zero attached hydrogens (tertiary/aromatic N) is 2. The summed E-state index contributed by atoms with van der Waals surface area (Å²) >= 11 is 0. The van der Waals surface area contributed by atoms with Gasteiger partial charge in [0, 0.05) is 17.8 Å². The maximum atomic E-state index is 12.3. The molecular weight excluding hydrogens is 304 g/mol. The molecule has 1 heterocycles. The van der Waals surface area contributed by atoms with Crippen molar-refractivity contribution < 1.29 is 9.59 Å². The van der Waals surface area contributed by atoms with E-state index in [1.807, 2.05) is 18.2 Å². The van der Waals surface area contributed by atoms with Crippen LogP contribution in [0.15, 0.2) is 54.7 Å². The standard InChI is InChI=1S/C18H16N4O2/c1-2-17(23)20-12-6-5-7-13(10-12)21-18(24)16-11-19-14-8-3-4-9-15(14)22-16/h3-11H,2H2,1H3,(H,20,23)(H,21,24). The highest BCUT2D eigenvalue weighted by Crippen LogP contribution is 2.16. The molecule has 0 aliphatic rings. The van der Waals surface area contributed by atoms with E-state index < -0.39 is 0 Å². The first-order chi connectivity index (χ1) is 11.7. The number of benzene rings is 2. The molecule has 6 heteroatoms. The van der Waals surface area contributed by atoms with E-state index >= 15 is 0 Å². The maximum Gasteiger partial charge on any atom is 0.275 e. The second-order valence-electron chi connectivity index (χ2n) is 5.18. The average Bonchev–Trinajstić information content (AvgIpc) is 2.61. The van der Waals surface area contributed by atoms with E-state index in [0.29, 0.717) is 23.3 Å². The molecule has 120 valence electrons. The summed E-state index contributed by atoms with van der Waals surface area (Å²) in [6.45, 7) is 1.78. The first kappa shape index (κ1) is 15.6. The van der Waals surface area contributed by atoms with Crippen LogP contribution in [0.3, 0.4) is 0 Å². The van der Waals surface area contributed by atoms with Gasteiger partial charge in [0.25, 0.3) is 5.91 Å². The Labute approximate surface area is 138 Å². The maximum absolute atomic E-state index is 12.3. The molecule has 1 aromatic heterocycles. The second-order valence-corrected chi connectivity index (χ2v) is 5.18. The van der Waals surface area contributed by atoms with Gasteiger partial charge in [-0.15, -0.1) is 0 Å². The lowest BCUT2D eigenvalue weighted by Crippen LogP contribution is -2.15. The molecule has 0 unspecified atom stereocenters. The number of anilines is 2. The molecule has 0 aliphatic carbocycles. The average molecular weight is 320 g/mol. The number of carbonyl (C=O) groups is 2. The number of aromatic nitrogens is 2. The summed E-state index contributed by atoms with van der Waals surface area (Å²) in [6.07, 6.45) is 1.84. The fraction of sp³-hybridized carbons (Fsp3) is 0.111. The molecule has 24 heavy (non-hydrogen) atoms. The number of fused-ring (bicyclic) bond motifs is 1. The predicted octanol–water partition coefficient (Wildman–Crippen LogP) is 3.23. The largest absolute Gasteiger partial charge is 0.326 e. The van der Waals surface area contributed by atoms with Crippen molar-refractivity contribution in [2.45, 2.75) is 13.3 Å². The lowest BCUT2D eigenvalue weighted by Gasteiger charge is -2.08. The zero-order chi connectivity index (χ0) is 16.9. The molecule has 0 saturated heterocycles. The van der Waals surface area contributed by atoms with E-state index in [2.05, 4.69) is 20.6 Å². The molecule has 0 bridgehead atoms. The van der Waals surface area contributed by atoms with Crippen molar-refractivity contribution in [1.82, 2.24) is 9.97 Å². The Hall–Kier alpha value is -3.28. The van der Waals surface area contributed by atoms with Gasteiger partial charge in [0.05, 0.1) is 17.2 Å². The Balaban J connectivity index is 1.78. The smallest absolute Gasteiger partial charge is 0.275 e. The molecule has 2 N–H and O–H groups in total. The minimum absolute atomic E-state index is 0.0844. The Morgan fingerprint density at radius 2 is 1.67 bits per heavy atom. The van der Waals surface area contributed by atoms with E-state index in [9.17, 15) is 9.59 Å². The monoisotopic (exact) mass is 320 g/mol. The van der Waals surface area contributed by atoms with Gasteiger partial charge in [0.15, 0.2) is 0 Å². The molecule has 0 aliphatic heterocycles. The van der Waals surface area contributed by atoms with Crippen molar-refractivity contribution in [2.75, 3.05) is 10.6 Å². The van der Waals surface area contributed by atoms with Crippen LogP contribution in [0.25, 0.3) is 11.0 Å². The van der Waals surface area contributed by atoms with Crippen LogP contribution in [0.5, 0.6) is 0 Å². The Morgan fingerprint density at radius 1 is 0.958 bits per heavy atom. The van der Waals surface area contributed by atoms with Gasteiger partial charge in [-0.3, -0.25) is 14.6 Å². The number of amides is 2. The molecule has 3 aromatic rings. The zero-order valence-electron chi connectivity index (χ0n) is 13.1. The highest BCUT2D eigenvalue weighted by Gasteiger charge is 2.10. The number of rotatable bonds is 4. The van der Waals surface area contributed by atoms with Gasteiger partial charge in [-0.1, -0.05) is 25.1 Å². The molecule has 0 saturated carbocycles. The third kappa shape index (κ3) is 3.55.